The third-order valence-electron chi connectivity index (χ3n) is 4.88. The molecule has 3 atom stereocenters. The summed E-state index contributed by atoms with van der Waals surface area (Å²) in [4.78, 5) is 42.2. The van der Waals surface area contributed by atoms with Crippen LogP contribution < -0.4 is 16.0 Å². The molecule has 2 amide bonds. The predicted molar refractivity (Wildman–Crippen MR) is 122 cm³/mol. The number of halogens is 1. The highest BCUT2D eigenvalue weighted by Crippen LogP contribution is 2.16. The first-order valence-corrected chi connectivity index (χ1v) is 11.9. The van der Waals surface area contributed by atoms with Crippen molar-refractivity contribution in [2.24, 2.45) is 5.92 Å². The van der Waals surface area contributed by atoms with Crippen LogP contribution in [-0.2, 0) is 20.9 Å². The Morgan fingerprint density at radius 1 is 1.38 bits per heavy atom. The highest BCUT2D eigenvalue weighted by molar-refractivity contribution is 7.09. The zero-order valence-electron chi connectivity index (χ0n) is 18.7. The van der Waals surface area contributed by atoms with Crippen molar-refractivity contribution in [3.63, 3.8) is 0 Å². The molecule has 0 radical (unpaired) electrons. The number of amides is 2. The molecule has 0 aliphatic carbocycles. The fourth-order valence-corrected chi connectivity index (χ4v) is 3.78. The fraction of sp³-hybridized carbons (Fsp3) is 0.619. The number of nitrogens with one attached hydrogen (secondary N) is 3. The molecule has 2 rings (SSSR count). The summed E-state index contributed by atoms with van der Waals surface area (Å²) in [6.07, 6.45) is 1.83. The Labute approximate surface area is 197 Å². The van der Waals surface area contributed by atoms with Gasteiger partial charge in [0.1, 0.15) is 29.1 Å². The van der Waals surface area contributed by atoms with E-state index in [0.717, 1.165) is 0 Å². The number of carbonyl (C=O) groups is 3. The number of aromatic nitrogens is 1. The summed E-state index contributed by atoms with van der Waals surface area (Å²) in [7, 11) is 0. The number of fused-ring (bicyclic) bond motifs is 2. The second kappa shape index (κ2) is 11.7. The van der Waals surface area contributed by atoms with Crippen LogP contribution in [0.2, 0.25) is 0 Å². The molecule has 4 N–H and O–H groups in total. The normalized spacial score (nSPS) is 25.5. The zero-order valence-corrected chi connectivity index (χ0v) is 20.3. The molecular formula is C21H31ClN4O5S. The van der Waals surface area contributed by atoms with Crippen LogP contribution in [0.1, 0.15) is 56.0 Å². The van der Waals surface area contributed by atoms with E-state index in [2.05, 4.69) is 20.9 Å². The van der Waals surface area contributed by atoms with Crippen LogP contribution in [-0.4, -0.2) is 57.7 Å². The maximum atomic E-state index is 12.9. The molecule has 2 bridgehead atoms. The van der Waals surface area contributed by atoms with Crippen LogP contribution in [0.5, 0.6) is 0 Å². The van der Waals surface area contributed by atoms with Gasteiger partial charge in [0.2, 0.25) is 5.91 Å². The summed E-state index contributed by atoms with van der Waals surface area (Å²) in [5, 5.41) is 21.2. The summed E-state index contributed by atoms with van der Waals surface area (Å²) in [6, 6.07) is -0.869. The maximum absolute atomic E-state index is 12.9. The van der Waals surface area contributed by atoms with Gasteiger partial charge in [-0.05, 0) is 32.3 Å². The van der Waals surface area contributed by atoms with Gasteiger partial charge in [-0.15, -0.1) is 22.9 Å². The molecule has 11 heteroatoms. The Hall–Kier alpha value is -2.01. The molecule has 32 heavy (non-hydrogen) atoms. The van der Waals surface area contributed by atoms with Crippen molar-refractivity contribution in [3.8, 4) is 0 Å². The molecule has 1 aromatic rings. The van der Waals surface area contributed by atoms with Crippen molar-refractivity contribution < 1.29 is 24.2 Å². The van der Waals surface area contributed by atoms with E-state index in [1.165, 1.54) is 11.3 Å². The SMILES string of the molecule is CC(C)[C@@H]1NC(O)C(C)(C)NC(=O)c2csc(n2)CNC(=O)C[C@@H](/C=C/CCCl)OC1=O. The van der Waals surface area contributed by atoms with Crippen LogP contribution in [0.15, 0.2) is 17.5 Å². The number of ether oxygens (including phenoxy) is 1. The number of carbonyl (C=O) groups excluding carboxylic acids is 3. The highest BCUT2D eigenvalue weighted by Gasteiger charge is 2.36. The van der Waals surface area contributed by atoms with E-state index >= 15 is 0 Å². The summed E-state index contributed by atoms with van der Waals surface area (Å²) < 4.78 is 5.60. The van der Waals surface area contributed by atoms with E-state index in [9.17, 15) is 19.5 Å². The molecular weight excluding hydrogens is 456 g/mol. The van der Waals surface area contributed by atoms with E-state index < -0.39 is 35.8 Å². The number of allylic oxidation sites excluding steroid dienone is 1. The Morgan fingerprint density at radius 2 is 2.09 bits per heavy atom. The molecule has 1 aliphatic rings. The van der Waals surface area contributed by atoms with Crippen molar-refractivity contribution in [1.82, 2.24) is 20.9 Å². The number of rotatable bonds is 4. The number of aliphatic hydroxyl groups excluding tert-OH is 1. The number of nitrogens with zero attached hydrogens (tertiary/aromatic N) is 1. The topological polar surface area (TPSA) is 130 Å². The first kappa shape index (κ1) is 26.2. The lowest BCUT2D eigenvalue weighted by Crippen LogP contribution is -2.61. The van der Waals surface area contributed by atoms with E-state index in [1.807, 2.05) is 0 Å². The van der Waals surface area contributed by atoms with Gasteiger partial charge in [-0.2, -0.15) is 0 Å². The molecule has 1 aliphatic heterocycles. The van der Waals surface area contributed by atoms with Gasteiger partial charge < -0.3 is 20.5 Å². The molecule has 1 aromatic heterocycles. The smallest absolute Gasteiger partial charge is 0.324 e. The monoisotopic (exact) mass is 486 g/mol. The van der Waals surface area contributed by atoms with Crippen molar-refractivity contribution >= 4 is 40.7 Å². The molecule has 0 fully saturated rings. The minimum atomic E-state index is -1.26. The Morgan fingerprint density at radius 3 is 2.75 bits per heavy atom. The van der Waals surface area contributed by atoms with E-state index in [1.54, 1.807) is 45.2 Å². The number of aliphatic hydroxyl groups is 1. The predicted octanol–water partition coefficient (Wildman–Crippen LogP) is 1.70. The fourth-order valence-electron chi connectivity index (χ4n) is 2.94. The standard InChI is InChI=1S/C21H31ClN4O5S/c1-12(2)17-19(29)31-13(7-5-6-8-22)9-15(27)23-10-16-24-14(11-32-16)18(28)26-21(3,4)20(30)25-17/h5,7,11-13,17,20,25,30H,6,8-10H2,1-4H3,(H,23,27)(H,26,28)/b7-5+/t13-,17+,20?/m1/s1. The van der Waals surface area contributed by atoms with Crippen LogP contribution >= 0.6 is 22.9 Å². The van der Waals surface area contributed by atoms with Crippen LogP contribution in [0.3, 0.4) is 0 Å². The highest BCUT2D eigenvalue weighted by atomic mass is 35.5. The van der Waals surface area contributed by atoms with Gasteiger partial charge in [0, 0.05) is 11.3 Å². The Bertz CT molecular complexity index is 842. The average Bonchev–Trinajstić information content (AvgIpc) is 3.18. The molecule has 2 heterocycles. The molecule has 0 spiro atoms. The lowest BCUT2D eigenvalue weighted by atomic mass is 9.98. The van der Waals surface area contributed by atoms with Gasteiger partial charge >= 0.3 is 5.97 Å². The van der Waals surface area contributed by atoms with Gasteiger partial charge in [-0.25, -0.2) is 4.98 Å². The van der Waals surface area contributed by atoms with Gasteiger partial charge in [0.25, 0.3) is 5.91 Å². The van der Waals surface area contributed by atoms with Crippen LogP contribution in [0, 0.1) is 5.92 Å². The number of hydrogen-bond donors (Lipinski definition) is 4. The lowest BCUT2D eigenvalue weighted by Gasteiger charge is -2.35. The van der Waals surface area contributed by atoms with Crippen molar-refractivity contribution in [1.29, 1.82) is 0 Å². The summed E-state index contributed by atoms with van der Waals surface area (Å²) in [5.41, 5.74) is -0.924. The zero-order chi connectivity index (χ0) is 23.9. The Kier molecular flexibility index (Phi) is 9.63. The van der Waals surface area contributed by atoms with E-state index in [4.69, 9.17) is 16.3 Å². The molecule has 0 aromatic carbocycles. The molecule has 0 saturated carbocycles. The summed E-state index contributed by atoms with van der Waals surface area (Å²) >= 11 is 6.95. The first-order chi connectivity index (χ1) is 15.0. The van der Waals surface area contributed by atoms with Gasteiger partial charge in [0.05, 0.1) is 18.5 Å². The first-order valence-electron chi connectivity index (χ1n) is 10.4. The second-order valence-electron chi connectivity index (χ2n) is 8.46. The second-order valence-corrected chi connectivity index (χ2v) is 9.78. The van der Waals surface area contributed by atoms with Gasteiger partial charge in [0.15, 0.2) is 0 Å². The third kappa shape index (κ3) is 7.54. The Balaban J connectivity index is 2.34. The number of esters is 1. The molecule has 1 unspecified atom stereocenters. The maximum Gasteiger partial charge on any atom is 0.324 e. The molecule has 0 saturated heterocycles. The number of hydrogen-bond acceptors (Lipinski definition) is 8. The minimum absolute atomic E-state index is 0.0812. The average molecular weight is 487 g/mol. The van der Waals surface area contributed by atoms with Crippen molar-refractivity contribution in [3.05, 3.63) is 28.2 Å². The number of thiazole rings is 1. The molecule has 9 nitrogen and oxygen atoms in total. The van der Waals surface area contributed by atoms with E-state index in [0.29, 0.717) is 17.3 Å². The summed E-state index contributed by atoms with van der Waals surface area (Å²) in [5.74, 6) is -1.24. The summed E-state index contributed by atoms with van der Waals surface area (Å²) in [6.45, 7) is 7.03. The van der Waals surface area contributed by atoms with Crippen LogP contribution in [0.25, 0.3) is 0 Å². The number of alkyl halides is 1. The van der Waals surface area contributed by atoms with Crippen molar-refractivity contribution in [2.75, 3.05) is 5.88 Å². The van der Waals surface area contributed by atoms with Crippen LogP contribution in [0.4, 0.5) is 0 Å². The quantitative estimate of drug-likeness (QED) is 0.289. The molecule has 178 valence electrons. The minimum Gasteiger partial charge on any atom is -0.456 e. The largest absolute Gasteiger partial charge is 0.456 e. The third-order valence-corrected chi connectivity index (χ3v) is 5.95. The van der Waals surface area contributed by atoms with Gasteiger partial charge in [-0.3, -0.25) is 19.7 Å². The van der Waals surface area contributed by atoms with E-state index in [-0.39, 0.29) is 30.5 Å². The van der Waals surface area contributed by atoms with Crippen molar-refractivity contribution in [2.45, 2.75) is 71.0 Å². The lowest BCUT2D eigenvalue weighted by molar-refractivity contribution is -0.153. The number of cyclic esters (lactones) is 1. The van der Waals surface area contributed by atoms with Gasteiger partial charge in [-0.1, -0.05) is 19.9 Å².